The molecule has 1 aliphatic heterocycles. The van der Waals surface area contributed by atoms with Crippen molar-refractivity contribution in [3.05, 3.63) is 6.33 Å². The first-order valence-electron chi connectivity index (χ1n) is 4.68. The second-order valence-corrected chi connectivity index (χ2v) is 3.48. The van der Waals surface area contributed by atoms with E-state index < -0.39 is 11.9 Å². The molecule has 80 valence electrons. The fourth-order valence-corrected chi connectivity index (χ4v) is 1.56. The average molecular weight is 210 g/mol. The van der Waals surface area contributed by atoms with Gasteiger partial charge in [0.1, 0.15) is 6.33 Å². The van der Waals surface area contributed by atoms with Gasteiger partial charge in [-0.25, -0.2) is 4.68 Å². The van der Waals surface area contributed by atoms with Gasteiger partial charge in [-0.2, -0.15) is 0 Å². The summed E-state index contributed by atoms with van der Waals surface area (Å²) in [6.07, 6.45) is 2.80. The Labute approximate surface area is 85.4 Å². The van der Waals surface area contributed by atoms with Crippen LogP contribution >= 0.6 is 0 Å². The molecule has 7 heteroatoms. The van der Waals surface area contributed by atoms with Crippen LogP contribution in [0.4, 0.5) is 0 Å². The number of hydrogen-bond acceptors (Lipinski definition) is 6. The van der Waals surface area contributed by atoms with E-state index in [9.17, 15) is 9.59 Å². The highest BCUT2D eigenvalue weighted by Crippen LogP contribution is 2.20. The molecule has 7 nitrogen and oxygen atoms in total. The number of nitrogens with zero attached hydrogens (tertiary/aromatic N) is 4. The summed E-state index contributed by atoms with van der Waals surface area (Å²) in [7, 11) is 0. The van der Waals surface area contributed by atoms with E-state index >= 15 is 0 Å². The zero-order valence-corrected chi connectivity index (χ0v) is 8.00. The van der Waals surface area contributed by atoms with Crippen LogP contribution in [0.1, 0.15) is 19.3 Å². The normalized spacial score (nSPS) is 17.9. The van der Waals surface area contributed by atoms with Crippen LogP contribution in [-0.2, 0) is 20.9 Å². The standard InChI is InChI=1S/C8H10N4O3/c13-7-3-6(4-8(14)15-7)1-2-12-5-9-10-11-12/h5-6H,1-4H2. The van der Waals surface area contributed by atoms with E-state index in [4.69, 9.17) is 0 Å². The van der Waals surface area contributed by atoms with Gasteiger partial charge in [0.05, 0.1) is 0 Å². The highest BCUT2D eigenvalue weighted by Gasteiger charge is 2.26. The second-order valence-electron chi connectivity index (χ2n) is 3.48. The number of ether oxygens (including phenoxy) is 1. The Morgan fingerprint density at radius 1 is 1.40 bits per heavy atom. The van der Waals surface area contributed by atoms with Gasteiger partial charge in [0.25, 0.3) is 0 Å². The molecule has 0 radical (unpaired) electrons. The van der Waals surface area contributed by atoms with Gasteiger partial charge in [-0.15, -0.1) is 5.10 Å². The molecule has 0 saturated carbocycles. The zero-order chi connectivity index (χ0) is 10.7. The predicted molar refractivity (Wildman–Crippen MR) is 46.3 cm³/mol. The molecule has 0 amide bonds. The molecule has 1 saturated heterocycles. The van der Waals surface area contributed by atoms with Crippen molar-refractivity contribution in [2.45, 2.75) is 25.8 Å². The molecule has 2 rings (SSSR count). The van der Waals surface area contributed by atoms with Crippen LogP contribution < -0.4 is 0 Å². The Bertz CT molecular complexity index is 346. The Morgan fingerprint density at radius 3 is 2.73 bits per heavy atom. The van der Waals surface area contributed by atoms with E-state index in [2.05, 4.69) is 20.3 Å². The number of carbonyl (C=O) groups excluding carboxylic acids is 2. The number of esters is 2. The van der Waals surface area contributed by atoms with Gasteiger partial charge < -0.3 is 4.74 Å². The Balaban J connectivity index is 1.84. The van der Waals surface area contributed by atoms with Crippen molar-refractivity contribution in [2.75, 3.05) is 0 Å². The molecule has 0 aromatic carbocycles. The van der Waals surface area contributed by atoms with Crippen molar-refractivity contribution in [2.24, 2.45) is 5.92 Å². The second kappa shape index (κ2) is 4.16. The van der Waals surface area contributed by atoms with Crippen molar-refractivity contribution in [1.29, 1.82) is 0 Å². The minimum absolute atomic E-state index is 0.0444. The summed E-state index contributed by atoms with van der Waals surface area (Å²) < 4.78 is 6.00. The van der Waals surface area contributed by atoms with Crippen molar-refractivity contribution >= 4 is 11.9 Å². The van der Waals surface area contributed by atoms with Crippen LogP contribution in [0.25, 0.3) is 0 Å². The number of carbonyl (C=O) groups is 2. The topological polar surface area (TPSA) is 87.0 Å². The first kappa shape index (κ1) is 9.75. The van der Waals surface area contributed by atoms with Gasteiger partial charge >= 0.3 is 11.9 Å². The van der Waals surface area contributed by atoms with E-state index in [0.29, 0.717) is 25.8 Å². The SMILES string of the molecule is O=C1CC(CCn2cnnn2)CC(=O)O1. The minimum Gasteiger partial charge on any atom is -0.393 e. The molecule has 15 heavy (non-hydrogen) atoms. The third-order valence-corrected chi connectivity index (χ3v) is 2.30. The third-order valence-electron chi connectivity index (χ3n) is 2.30. The number of tetrazole rings is 1. The summed E-state index contributed by atoms with van der Waals surface area (Å²) in [5.41, 5.74) is 0. The maximum atomic E-state index is 11.0. The van der Waals surface area contributed by atoms with Gasteiger partial charge in [-0.05, 0) is 22.8 Å². The number of hydrogen-bond donors (Lipinski definition) is 0. The lowest BCUT2D eigenvalue weighted by atomic mass is 9.96. The molecule has 0 atom stereocenters. The van der Waals surface area contributed by atoms with Gasteiger partial charge in [0.15, 0.2) is 0 Å². The highest BCUT2D eigenvalue weighted by molar-refractivity contribution is 5.88. The number of aryl methyl sites for hydroxylation is 1. The minimum atomic E-state index is -0.437. The Morgan fingerprint density at radius 2 is 2.13 bits per heavy atom. The van der Waals surface area contributed by atoms with E-state index in [0.717, 1.165) is 0 Å². The smallest absolute Gasteiger partial charge is 0.313 e. The Hall–Kier alpha value is -1.79. The molecular weight excluding hydrogens is 200 g/mol. The molecule has 2 heterocycles. The number of rotatable bonds is 3. The Kier molecular flexibility index (Phi) is 2.70. The molecule has 1 aromatic heterocycles. The summed E-state index contributed by atoms with van der Waals surface area (Å²) in [5, 5.41) is 10.7. The van der Waals surface area contributed by atoms with Gasteiger partial charge in [0, 0.05) is 19.4 Å². The molecule has 0 N–H and O–H groups in total. The number of cyclic esters (lactones) is 2. The van der Waals surface area contributed by atoms with Crippen LogP contribution in [0.2, 0.25) is 0 Å². The summed E-state index contributed by atoms with van der Waals surface area (Å²) in [5.74, 6) is -0.830. The molecule has 1 aliphatic rings. The van der Waals surface area contributed by atoms with E-state index in [1.165, 1.54) is 6.33 Å². The van der Waals surface area contributed by atoms with E-state index in [1.54, 1.807) is 4.68 Å². The summed E-state index contributed by atoms with van der Waals surface area (Å²) >= 11 is 0. The number of aromatic nitrogens is 4. The fourth-order valence-electron chi connectivity index (χ4n) is 1.56. The fraction of sp³-hybridized carbons (Fsp3) is 0.625. The lowest BCUT2D eigenvalue weighted by Gasteiger charge is -2.18. The molecule has 0 spiro atoms. The van der Waals surface area contributed by atoms with Crippen LogP contribution in [0.5, 0.6) is 0 Å². The third kappa shape index (κ3) is 2.58. The molecule has 0 aliphatic carbocycles. The summed E-state index contributed by atoms with van der Waals surface area (Å²) in [6, 6.07) is 0. The molecule has 1 fully saturated rings. The highest BCUT2D eigenvalue weighted by atomic mass is 16.6. The lowest BCUT2D eigenvalue weighted by molar-refractivity contribution is -0.165. The molecular formula is C8H10N4O3. The maximum absolute atomic E-state index is 11.0. The maximum Gasteiger partial charge on any atom is 0.313 e. The van der Waals surface area contributed by atoms with E-state index in [-0.39, 0.29) is 5.92 Å². The largest absolute Gasteiger partial charge is 0.393 e. The monoisotopic (exact) mass is 210 g/mol. The predicted octanol–water partition coefficient (Wildman–Crippen LogP) is -0.457. The quantitative estimate of drug-likeness (QED) is 0.495. The molecule has 0 unspecified atom stereocenters. The van der Waals surface area contributed by atoms with Crippen LogP contribution in [0, 0.1) is 5.92 Å². The van der Waals surface area contributed by atoms with Gasteiger partial charge in [-0.1, -0.05) is 0 Å². The van der Waals surface area contributed by atoms with Crippen molar-refractivity contribution in [3.63, 3.8) is 0 Å². The van der Waals surface area contributed by atoms with Crippen molar-refractivity contribution < 1.29 is 14.3 Å². The van der Waals surface area contributed by atoms with Crippen molar-refractivity contribution in [3.8, 4) is 0 Å². The first-order valence-corrected chi connectivity index (χ1v) is 4.68. The molecule has 1 aromatic rings. The zero-order valence-electron chi connectivity index (χ0n) is 8.00. The van der Waals surface area contributed by atoms with E-state index in [1.807, 2.05) is 0 Å². The van der Waals surface area contributed by atoms with Crippen LogP contribution in [0.3, 0.4) is 0 Å². The lowest BCUT2D eigenvalue weighted by Crippen LogP contribution is -2.26. The molecule has 0 bridgehead atoms. The van der Waals surface area contributed by atoms with Crippen LogP contribution in [-0.4, -0.2) is 32.1 Å². The first-order chi connectivity index (χ1) is 7.24. The van der Waals surface area contributed by atoms with Crippen LogP contribution in [0.15, 0.2) is 6.33 Å². The summed E-state index contributed by atoms with van der Waals surface area (Å²) in [4.78, 5) is 21.9. The van der Waals surface area contributed by atoms with Gasteiger partial charge in [-0.3, -0.25) is 9.59 Å². The summed E-state index contributed by atoms with van der Waals surface area (Å²) in [6.45, 7) is 0.609. The average Bonchev–Trinajstić information content (AvgIpc) is 2.65. The van der Waals surface area contributed by atoms with Gasteiger partial charge in [0.2, 0.25) is 0 Å². The van der Waals surface area contributed by atoms with Crippen molar-refractivity contribution in [1.82, 2.24) is 20.2 Å².